The van der Waals surface area contributed by atoms with Crippen LogP contribution in [0.3, 0.4) is 0 Å². The average molecular weight is 212 g/mol. The highest BCUT2D eigenvalue weighted by Crippen LogP contribution is 2.19. The fraction of sp³-hybridized carbons (Fsp3) is 1.00. The Morgan fingerprint density at radius 2 is 2.00 bits per heavy atom. The van der Waals surface area contributed by atoms with E-state index in [1.54, 1.807) is 0 Å². The summed E-state index contributed by atoms with van der Waals surface area (Å²) in [4.78, 5) is 5.03. The second-order valence-electron chi connectivity index (χ2n) is 4.94. The molecule has 15 heavy (non-hydrogen) atoms. The van der Waals surface area contributed by atoms with E-state index in [1.807, 2.05) is 0 Å². The van der Waals surface area contributed by atoms with Crippen LogP contribution in [-0.4, -0.2) is 49.6 Å². The van der Waals surface area contributed by atoms with Crippen LogP contribution in [0.25, 0.3) is 0 Å². The third kappa shape index (κ3) is 4.98. The molecule has 90 valence electrons. The molecule has 1 atom stereocenters. The van der Waals surface area contributed by atoms with Gasteiger partial charge in [0.25, 0.3) is 0 Å². The predicted molar refractivity (Wildman–Crippen MR) is 67.2 cm³/mol. The van der Waals surface area contributed by atoms with Crippen LogP contribution in [0.15, 0.2) is 0 Å². The zero-order chi connectivity index (χ0) is 11.1. The molecule has 1 fully saturated rings. The molecule has 2 heteroatoms. The van der Waals surface area contributed by atoms with Gasteiger partial charge in [-0.15, -0.1) is 0 Å². The Kier molecular flexibility index (Phi) is 6.26. The molecule has 0 aromatic rings. The van der Waals surface area contributed by atoms with Crippen molar-refractivity contribution in [2.24, 2.45) is 5.92 Å². The van der Waals surface area contributed by atoms with Crippen molar-refractivity contribution in [2.45, 2.75) is 39.5 Å². The Morgan fingerprint density at radius 3 is 2.60 bits per heavy atom. The first-order valence-corrected chi connectivity index (χ1v) is 6.67. The first-order chi connectivity index (χ1) is 7.26. The van der Waals surface area contributed by atoms with Crippen molar-refractivity contribution in [1.82, 2.24) is 9.80 Å². The molecule has 0 bridgehead atoms. The van der Waals surface area contributed by atoms with Crippen molar-refractivity contribution < 1.29 is 0 Å². The maximum Gasteiger partial charge on any atom is 0.000662 e. The summed E-state index contributed by atoms with van der Waals surface area (Å²) in [6, 6.07) is 0. The molecular formula is C13H28N2. The van der Waals surface area contributed by atoms with Gasteiger partial charge in [0.05, 0.1) is 0 Å². The Hall–Kier alpha value is -0.0800. The SMILES string of the molecule is CCN(CC)CCC[C@H]1CCCN(C)C1. The summed E-state index contributed by atoms with van der Waals surface area (Å²) in [7, 11) is 2.26. The van der Waals surface area contributed by atoms with Gasteiger partial charge in [0.15, 0.2) is 0 Å². The molecule has 1 heterocycles. The maximum absolute atomic E-state index is 2.53. The zero-order valence-corrected chi connectivity index (χ0v) is 10.8. The van der Waals surface area contributed by atoms with Gasteiger partial charge in [-0.25, -0.2) is 0 Å². The van der Waals surface area contributed by atoms with Gasteiger partial charge in [-0.2, -0.15) is 0 Å². The number of nitrogens with zero attached hydrogens (tertiary/aromatic N) is 2. The minimum Gasteiger partial charge on any atom is -0.306 e. The minimum absolute atomic E-state index is 0.972. The predicted octanol–water partition coefficient (Wildman–Crippen LogP) is 2.45. The van der Waals surface area contributed by atoms with Gasteiger partial charge in [-0.1, -0.05) is 13.8 Å². The summed E-state index contributed by atoms with van der Waals surface area (Å²) < 4.78 is 0. The van der Waals surface area contributed by atoms with Crippen LogP contribution in [0.5, 0.6) is 0 Å². The topological polar surface area (TPSA) is 6.48 Å². The zero-order valence-electron chi connectivity index (χ0n) is 10.8. The van der Waals surface area contributed by atoms with Gasteiger partial charge < -0.3 is 9.80 Å². The van der Waals surface area contributed by atoms with Crippen molar-refractivity contribution >= 4 is 0 Å². The van der Waals surface area contributed by atoms with Crippen molar-refractivity contribution in [3.63, 3.8) is 0 Å². The maximum atomic E-state index is 2.53. The van der Waals surface area contributed by atoms with Crippen LogP contribution < -0.4 is 0 Å². The molecule has 0 spiro atoms. The lowest BCUT2D eigenvalue weighted by Gasteiger charge is -2.30. The number of hydrogen-bond acceptors (Lipinski definition) is 2. The van der Waals surface area contributed by atoms with Gasteiger partial charge in [0.1, 0.15) is 0 Å². The molecule has 0 saturated carbocycles. The Bertz CT molecular complexity index is 155. The fourth-order valence-corrected chi connectivity index (χ4v) is 2.65. The summed E-state index contributed by atoms with van der Waals surface area (Å²) in [5.74, 6) is 0.972. The van der Waals surface area contributed by atoms with E-state index in [1.165, 1.54) is 58.4 Å². The highest BCUT2D eigenvalue weighted by Gasteiger charge is 2.16. The second kappa shape index (κ2) is 7.24. The summed E-state index contributed by atoms with van der Waals surface area (Å²) in [6.07, 6.45) is 5.69. The number of rotatable bonds is 6. The molecular weight excluding hydrogens is 184 g/mol. The molecule has 1 rings (SSSR count). The largest absolute Gasteiger partial charge is 0.306 e. The van der Waals surface area contributed by atoms with Crippen LogP contribution in [0.1, 0.15) is 39.5 Å². The molecule has 1 aliphatic heterocycles. The number of piperidine rings is 1. The van der Waals surface area contributed by atoms with Crippen LogP contribution in [0.4, 0.5) is 0 Å². The van der Waals surface area contributed by atoms with E-state index in [0.29, 0.717) is 0 Å². The van der Waals surface area contributed by atoms with Crippen molar-refractivity contribution in [3.05, 3.63) is 0 Å². The van der Waals surface area contributed by atoms with E-state index in [0.717, 1.165) is 5.92 Å². The van der Waals surface area contributed by atoms with E-state index >= 15 is 0 Å². The first kappa shape index (κ1) is 13.0. The molecule has 1 aliphatic rings. The van der Waals surface area contributed by atoms with Crippen LogP contribution >= 0.6 is 0 Å². The highest BCUT2D eigenvalue weighted by molar-refractivity contribution is 4.71. The van der Waals surface area contributed by atoms with E-state index in [9.17, 15) is 0 Å². The van der Waals surface area contributed by atoms with Crippen molar-refractivity contribution in [1.29, 1.82) is 0 Å². The average Bonchev–Trinajstić information content (AvgIpc) is 2.25. The molecule has 0 unspecified atom stereocenters. The van der Waals surface area contributed by atoms with E-state index in [-0.39, 0.29) is 0 Å². The quantitative estimate of drug-likeness (QED) is 0.667. The second-order valence-corrected chi connectivity index (χ2v) is 4.94. The summed E-state index contributed by atoms with van der Waals surface area (Å²) >= 11 is 0. The molecule has 0 amide bonds. The minimum atomic E-state index is 0.972. The molecule has 0 aliphatic carbocycles. The lowest BCUT2D eigenvalue weighted by molar-refractivity contribution is 0.192. The fourth-order valence-electron chi connectivity index (χ4n) is 2.65. The Labute approximate surface area is 95.6 Å². The molecule has 1 saturated heterocycles. The third-order valence-electron chi connectivity index (χ3n) is 3.70. The van der Waals surface area contributed by atoms with E-state index in [4.69, 9.17) is 0 Å². The van der Waals surface area contributed by atoms with Gasteiger partial charge in [-0.05, 0) is 64.8 Å². The van der Waals surface area contributed by atoms with E-state index in [2.05, 4.69) is 30.7 Å². The normalized spacial score (nSPS) is 23.6. The van der Waals surface area contributed by atoms with Crippen molar-refractivity contribution in [3.8, 4) is 0 Å². The third-order valence-corrected chi connectivity index (χ3v) is 3.70. The Morgan fingerprint density at radius 1 is 1.27 bits per heavy atom. The van der Waals surface area contributed by atoms with Crippen LogP contribution in [0.2, 0.25) is 0 Å². The van der Waals surface area contributed by atoms with E-state index < -0.39 is 0 Å². The lowest BCUT2D eigenvalue weighted by Crippen LogP contribution is -2.32. The molecule has 2 nitrogen and oxygen atoms in total. The lowest BCUT2D eigenvalue weighted by atomic mass is 9.94. The van der Waals surface area contributed by atoms with Gasteiger partial charge in [0, 0.05) is 6.54 Å². The molecule has 0 N–H and O–H groups in total. The molecule has 0 radical (unpaired) electrons. The molecule has 0 aromatic carbocycles. The van der Waals surface area contributed by atoms with Crippen LogP contribution in [0, 0.1) is 5.92 Å². The number of likely N-dealkylation sites (tertiary alicyclic amines) is 1. The summed E-state index contributed by atoms with van der Waals surface area (Å²) in [6.45, 7) is 10.9. The standard InChI is InChI=1S/C13H28N2/c1-4-15(5-2)11-7-9-13-8-6-10-14(3)12-13/h13H,4-12H2,1-3H3/t13-/m1/s1. The molecule has 0 aromatic heterocycles. The summed E-state index contributed by atoms with van der Waals surface area (Å²) in [5, 5.41) is 0. The van der Waals surface area contributed by atoms with Gasteiger partial charge in [-0.3, -0.25) is 0 Å². The van der Waals surface area contributed by atoms with Gasteiger partial charge in [0.2, 0.25) is 0 Å². The van der Waals surface area contributed by atoms with Crippen molar-refractivity contribution in [2.75, 3.05) is 39.8 Å². The van der Waals surface area contributed by atoms with Crippen LogP contribution in [-0.2, 0) is 0 Å². The highest BCUT2D eigenvalue weighted by atomic mass is 15.1. The number of hydrogen-bond donors (Lipinski definition) is 0. The summed E-state index contributed by atoms with van der Waals surface area (Å²) in [5.41, 5.74) is 0. The first-order valence-electron chi connectivity index (χ1n) is 6.67. The Balaban J connectivity index is 2.08. The smallest absolute Gasteiger partial charge is 0.000662 e. The monoisotopic (exact) mass is 212 g/mol. The van der Waals surface area contributed by atoms with Gasteiger partial charge >= 0.3 is 0 Å².